The van der Waals surface area contributed by atoms with E-state index in [1.54, 1.807) is 0 Å². The minimum Gasteiger partial charge on any atom is -0.366 e. The monoisotopic (exact) mass is 563 g/mol. The van der Waals surface area contributed by atoms with Gasteiger partial charge in [0.05, 0.1) is 17.7 Å². The van der Waals surface area contributed by atoms with Gasteiger partial charge in [-0.1, -0.05) is 127 Å². The molecule has 0 aliphatic carbocycles. The van der Waals surface area contributed by atoms with Gasteiger partial charge in [0.25, 0.3) is 0 Å². The quantitative estimate of drug-likeness (QED) is 0.166. The van der Waals surface area contributed by atoms with Crippen LogP contribution in [0.1, 0.15) is 34.5 Å². The van der Waals surface area contributed by atoms with Crippen molar-refractivity contribution in [3.05, 3.63) is 174 Å². The van der Waals surface area contributed by atoms with Gasteiger partial charge in [-0.15, -0.1) is 0 Å². The Morgan fingerprint density at radius 3 is 2.02 bits per heavy atom. The van der Waals surface area contributed by atoms with Crippen LogP contribution in [0.15, 0.2) is 152 Å². The first-order valence-corrected chi connectivity index (χ1v) is 15.0. The molecule has 0 aromatic heterocycles. The molecule has 1 heterocycles. The third-order valence-corrected chi connectivity index (χ3v) is 8.78. The Bertz CT molecular complexity index is 2240. The molecule has 3 nitrogen and oxygen atoms in total. The molecule has 2 atom stereocenters. The molecule has 0 spiro atoms. The van der Waals surface area contributed by atoms with Crippen molar-refractivity contribution < 1.29 is 0 Å². The van der Waals surface area contributed by atoms with E-state index in [4.69, 9.17) is 0 Å². The van der Waals surface area contributed by atoms with Crippen LogP contribution in [0.25, 0.3) is 49.1 Å². The summed E-state index contributed by atoms with van der Waals surface area (Å²) in [6.07, 6.45) is 2.14. The van der Waals surface area contributed by atoms with Gasteiger partial charge in [-0.2, -0.15) is 5.26 Å². The second-order valence-corrected chi connectivity index (χ2v) is 11.3. The number of fused-ring (bicyclic) bond motifs is 4. The number of nitrogens with one attached hydrogen (secondary N) is 2. The fourth-order valence-corrected chi connectivity index (χ4v) is 6.68. The highest BCUT2D eigenvalue weighted by atomic mass is 15.2. The standard InChI is InChI=1S/C41H29N3/c42-26-27-18-20-29(21-19-27)32-14-8-9-17-35(32)39-25-38(30-11-2-1-3-12-30)43-41(44-39)40-34-16-7-5-13-31(34)24-37-33-15-6-4-10-28(33)22-23-36(37)40/h1-25,38,41,43-44H. The minimum atomic E-state index is -0.163. The van der Waals surface area contributed by atoms with Crippen molar-refractivity contribution in [3.8, 4) is 17.2 Å². The average Bonchev–Trinajstić information content (AvgIpc) is 3.11. The molecule has 2 unspecified atom stereocenters. The predicted octanol–water partition coefficient (Wildman–Crippen LogP) is 9.66. The Balaban J connectivity index is 1.34. The van der Waals surface area contributed by atoms with Gasteiger partial charge in [0.2, 0.25) is 0 Å². The van der Waals surface area contributed by atoms with E-state index in [9.17, 15) is 5.26 Å². The van der Waals surface area contributed by atoms with Crippen LogP contribution < -0.4 is 10.6 Å². The summed E-state index contributed by atoms with van der Waals surface area (Å²) in [6.45, 7) is 0. The summed E-state index contributed by atoms with van der Waals surface area (Å²) < 4.78 is 0. The van der Waals surface area contributed by atoms with E-state index < -0.39 is 0 Å². The van der Waals surface area contributed by atoms with Crippen LogP contribution in [0.3, 0.4) is 0 Å². The highest BCUT2D eigenvalue weighted by molar-refractivity contribution is 6.14. The van der Waals surface area contributed by atoms with Gasteiger partial charge in [0.1, 0.15) is 6.17 Å². The summed E-state index contributed by atoms with van der Waals surface area (Å²) in [5.74, 6) is 0. The number of benzene rings is 7. The van der Waals surface area contributed by atoms with Crippen molar-refractivity contribution >= 4 is 38.0 Å². The first-order chi connectivity index (χ1) is 21.8. The molecule has 0 saturated heterocycles. The summed E-state index contributed by atoms with van der Waals surface area (Å²) in [6, 6.07) is 53.5. The lowest BCUT2D eigenvalue weighted by atomic mass is 9.89. The summed E-state index contributed by atoms with van der Waals surface area (Å²) in [5, 5.41) is 24.7. The molecule has 1 aliphatic rings. The summed E-state index contributed by atoms with van der Waals surface area (Å²) in [4.78, 5) is 0. The normalized spacial score (nSPS) is 16.4. The molecular formula is C41H29N3. The number of rotatable bonds is 4. The maximum absolute atomic E-state index is 9.37. The van der Waals surface area contributed by atoms with E-state index in [0.717, 1.165) is 22.4 Å². The third-order valence-electron chi connectivity index (χ3n) is 8.78. The molecule has 7 aromatic carbocycles. The van der Waals surface area contributed by atoms with Crippen molar-refractivity contribution in [1.29, 1.82) is 5.26 Å². The molecule has 0 saturated carbocycles. The fourth-order valence-electron chi connectivity index (χ4n) is 6.68. The number of hydrogen-bond donors (Lipinski definition) is 2. The van der Waals surface area contributed by atoms with Gasteiger partial charge in [-0.25, -0.2) is 0 Å². The average molecular weight is 564 g/mol. The van der Waals surface area contributed by atoms with Crippen LogP contribution in [0.2, 0.25) is 0 Å². The molecule has 44 heavy (non-hydrogen) atoms. The van der Waals surface area contributed by atoms with E-state index in [0.29, 0.717) is 5.56 Å². The molecular weight excluding hydrogens is 534 g/mol. The topological polar surface area (TPSA) is 47.9 Å². The second-order valence-electron chi connectivity index (χ2n) is 11.3. The van der Waals surface area contributed by atoms with E-state index in [1.165, 1.54) is 43.4 Å². The molecule has 0 bridgehead atoms. The summed E-state index contributed by atoms with van der Waals surface area (Å²) >= 11 is 0. The van der Waals surface area contributed by atoms with Gasteiger partial charge >= 0.3 is 0 Å². The lowest BCUT2D eigenvalue weighted by Crippen LogP contribution is -2.40. The molecule has 208 valence electrons. The van der Waals surface area contributed by atoms with Gasteiger partial charge in [-0.3, -0.25) is 5.32 Å². The Kier molecular flexibility index (Phi) is 6.41. The number of nitrogens with zero attached hydrogens (tertiary/aromatic N) is 1. The van der Waals surface area contributed by atoms with E-state index in [2.05, 4.69) is 144 Å². The van der Waals surface area contributed by atoms with Gasteiger partial charge < -0.3 is 5.32 Å². The molecule has 0 fully saturated rings. The van der Waals surface area contributed by atoms with Crippen molar-refractivity contribution in [2.75, 3.05) is 0 Å². The number of nitriles is 1. The SMILES string of the molecule is N#Cc1ccc(-c2ccccc2C2=CC(c3ccccc3)NC(c3c4ccccc4cc4c3ccc3ccccc34)N2)cc1. The Morgan fingerprint density at radius 1 is 0.545 bits per heavy atom. The van der Waals surface area contributed by atoms with Crippen molar-refractivity contribution in [1.82, 2.24) is 10.6 Å². The van der Waals surface area contributed by atoms with Crippen molar-refractivity contribution in [3.63, 3.8) is 0 Å². The van der Waals surface area contributed by atoms with E-state index >= 15 is 0 Å². The van der Waals surface area contributed by atoms with Crippen LogP contribution in [0, 0.1) is 11.3 Å². The Hall–Kier alpha value is -5.69. The number of hydrogen-bond acceptors (Lipinski definition) is 3. The Labute approximate surface area is 256 Å². The first-order valence-electron chi connectivity index (χ1n) is 15.0. The van der Waals surface area contributed by atoms with E-state index in [-0.39, 0.29) is 12.2 Å². The predicted molar refractivity (Wildman–Crippen MR) is 182 cm³/mol. The fraction of sp³-hybridized carbons (Fsp3) is 0.0488. The summed E-state index contributed by atoms with van der Waals surface area (Å²) in [7, 11) is 0. The van der Waals surface area contributed by atoms with Crippen molar-refractivity contribution in [2.45, 2.75) is 12.2 Å². The van der Waals surface area contributed by atoms with Gasteiger partial charge in [0.15, 0.2) is 0 Å². The van der Waals surface area contributed by atoms with Crippen LogP contribution in [0.4, 0.5) is 0 Å². The van der Waals surface area contributed by atoms with E-state index in [1.807, 2.05) is 24.3 Å². The van der Waals surface area contributed by atoms with Crippen LogP contribution in [0.5, 0.6) is 0 Å². The summed E-state index contributed by atoms with van der Waals surface area (Å²) in [5.41, 5.74) is 7.51. The highest BCUT2D eigenvalue weighted by Crippen LogP contribution is 2.40. The molecule has 1 aliphatic heterocycles. The largest absolute Gasteiger partial charge is 0.366 e. The van der Waals surface area contributed by atoms with Gasteiger partial charge in [0, 0.05) is 16.8 Å². The molecule has 0 amide bonds. The lowest BCUT2D eigenvalue weighted by Gasteiger charge is -2.35. The third kappa shape index (κ3) is 4.50. The Morgan fingerprint density at radius 2 is 1.23 bits per heavy atom. The van der Waals surface area contributed by atoms with Crippen molar-refractivity contribution in [2.24, 2.45) is 0 Å². The van der Waals surface area contributed by atoms with Crippen LogP contribution >= 0.6 is 0 Å². The first kappa shape index (κ1) is 26.0. The highest BCUT2D eigenvalue weighted by Gasteiger charge is 2.28. The molecule has 7 aromatic rings. The van der Waals surface area contributed by atoms with Crippen LogP contribution in [-0.4, -0.2) is 0 Å². The molecule has 0 radical (unpaired) electrons. The zero-order valence-corrected chi connectivity index (χ0v) is 24.0. The van der Waals surface area contributed by atoms with Gasteiger partial charge in [-0.05, 0) is 73.3 Å². The lowest BCUT2D eigenvalue weighted by molar-refractivity contribution is 0.447. The zero-order chi connectivity index (χ0) is 29.5. The smallest absolute Gasteiger partial charge is 0.105 e. The minimum absolute atomic E-state index is 0.0130. The maximum Gasteiger partial charge on any atom is 0.105 e. The molecule has 2 N–H and O–H groups in total. The van der Waals surface area contributed by atoms with Crippen LogP contribution in [-0.2, 0) is 0 Å². The molecule has 3 heteroatoms. The second kappa shape index (κ2) is 10.9. The zero-order valence-electron chi connectivity index (χ0n) is 24.0. The molecule has 8 rings (SSSR count). The maximum atomic E-state index is 9.37.